The Bertz CT molecular complexity index is 2310. The van der Waals surface area contributed by atoms with Crippen molar-refractivity contribution in [2.24, 2.45) is 11.8 Å². The molecule has 0 bridgehead atoms. The van der Waals surface area contributed by atoms with Crippen LogP contribution in [0.2, 0.25) is 0 Å². The van der Waals surface area contributed by atoms with E-state index in [4.69, 9.17) is 0 Å². The molecule has 240 valence electrons. The average molecular weight is 635 g/mol. The fraction of sp³-hybridized carbons (Fsp3) is 0.244. The highest BCUT2D eigenvalue weighted by atomic mass is 16.2. The summed E-state index contributed by atoms with van der Waals surface area (Å²) in [6.45, 7) is 5.93. The number of carbonyl (C=O) groups is 3. The molecule has 1 saturated heterocycles. The molecule has 4 aromatic carbocycles. The second-order valence-electron chi connectivity index (χ2n) is 13.0. The molecule has 4 amide bonds. The first-order valence-electron chi connectivity index (χ1n) is 16.8. The van der Waals surface area contributed by atoms with Gasteiger partial charge in [0, 0.05) is 76.4 Å². The molecule has 0 unspecified atom stereocenters. The second kappa shape index (κ2) is 11.4. The molecule has 2 fully saturated rings. The van der Waals surface area contributed by atoms with E-state index in [1.54, 1.807) is 0 Å². The van der Waals surface area contributed by atoms with Crippen molar-refractivity contribution in [3.8, 4) is 0 Å². The summed E-state index contributed by atoms with van der Waals surface area (Å²) in [5, 5.41) is 9.48. The number of carbonyl (C=O) groups excluding carboxylic acids is 3. The average Bonchev–Trinajstić information content (AvgIpc) is 3.76. The van der Waals surface area contributed by atoms with E-state index < -0.39 is 29.7 Å². The van der Waals surface area contributed by atoms with Crippen LogP contribution >= 0.6 is 0 Å². The molecule has 2 aliphatic rings. The van der Waals surface area contributed by atoms with Gasteiger partial charge in [-0.1, -0.05) is 84.0 Å². The van der Waals surface area contributed by atoms with E-state index in [0.29, 0.717) is 0 Å². The second-order valence-corrected chi connectivity index (χ2v) is 13.0. The number of benzene rings is 4. The molecule has 0 N–H and O–H groups in total. The molecule has 3 heterocycles. The summed E-state index contributed by atoms with van der Waals surface area (Å²) in [5.41, 5.74) is 4.44. The molecule has 48 heavy (non-hydrogen) atoms. The van der Waals surface area contributed by atoms with Crippen LogP contribution in [-0.4, -0.2) is 50.9 Å². The molecule has 0 atom stereocenters. The number of allylic oxidation sites excluding steroid dienone is 4. The minimum absolute atomic E-state index is 0.450. The summed E-state index contributed by atoms with van der Waals surface area (Å²) in [5.74, 6) is -2.37. The Morgan fingerprint density at radius 3 is 1.42 bits per heavy atom. The highest BCUT2D eigenvalue weighted by Crippen LogP contribution is 2.43. The van der Waals surface area contributed by atoms with Crippen LogP contribution in [-0.2, 0) is 22.7 Å². The molecule has 7 nitrogen and oxygen atoms in total. The third kappa shape index (κ3) is 4.30. The molecule has 6 aromatic rings. The van der Waals surface area contributed by atoms with Crippen molar-refractivity contribution in [1.82, 2.24) is 18.9 Å². The van der Waals surface area contributed by atoms with E-state index >= 15 is 0 Å². The predicted molar refractivity (Wildman–Crippen MR) is 193 cm³/mol. The number of hydrogen-bond donors (Lipinski definition) is 0. The van der Waals surface area contributed by atoms with E-state index in [1.807, 2.05) is 0 Å². The van der Waals surface area contributed by atoms with Gasteiger partial charge in [0.2, 0.25) is 11.8 Å². The highest BCUT2D eigenvalue weighted by molar-refractivity contribution is 6.16. The van der Waals surface area contributed by atoms with E-state index in [0.717, 1.165) is 57.6 Å². The Kier molecular flexibility index (Phi) is 7.09. The third-order valence-corrected chi connectivity index (χ3v) is 10.6. The molecular weight excluding hydrogens is 596 g/mol. The number of aryl methyl sites for hydroxylation is 2. The maximum Gasteiger partial charge on any atom is 0.332 e. The fourth-order valence-electron chi connectivity index (χ4n) is 8.34. The Labute approximate surface area is 278 Å². The summed E-state index contributed by atoms with van der Waals surface area (Å²) in [7, 11) is 2.94. The summed E-state index contributed by atoms with van der Waals surface area (Å²) >= 11 is 0. The lowest BCUT2D eigenvalue weighted by Gasteiger charge is -2.36. The maximum absolute atomic E-state index is 13.8. The smallest absolute Gasteiger partial charge is 0.332 e. The minimum Gasteiger partial charge on any atom is -0.341 e. The molecule has 7 heteroatoms. The molecule has 1 saturated carbocycles. The molecule has 1 aliphatic carbocycles. The third-order valence-electron chi connectivity index (χ3n) is 10.6. The van der Waals surface area contributed by atoms with Gasteiger partial charge in [0.25, 0.3) is 0 Å². The lowest BCUT2D eigenvalue weighted by Crippen LogP contribution is -2.58. The van der Waals surface area contributed by atoms with Gasteiger partial charge >= 0.3 is 6.03 Å². The number of urea groups is 1. The van der Waals surface area contributed by atoms with E-state index in [2.05, 4.69) is 120 Å². The Morgan fingerprint density at radius 2 is 1.00 bits per heavy atom. The summed E-state index contributed by atoms with van der Waals surface area (Å²) in [6, 6.07) is 25.0. The van der Waals surface area contributed by atoms with Crippen LogP contribution in [0.1, 0.15) is 26.7 Å². The summed E-state index contributed by atoms with van der Waals surface area (Å²) < 4.78 is 4.66. The minimum atomic E-state index is -1.01. The lowest BCUT2D eigenvalue weighted by atomic mass is 9.81. The Balaban J connectivity index is 1.32. The molecule has 0 spiro atoms. The van der Waals surface area contributed by atoms with Gasteiger partial charge in [-0.05, 0) is 61.7 Å². The molecule has 2 aromatic heterocycles. The quantitative estimate of drug-likeness (QED) is 0.202. The number of hydrogen-bond acceptors (Lipinski definition) is 3. The van der Waals surface area contributed by atoms with Crippen LogP contribution in [0.25, 0.3) is 55.5 Å². The number of amides is 4. The van der Waals surface area contributed by atoms with Gasteiger partial charge < -0.3 is 9.13 Å². The summed E-state index contributed by atoms with van der Waals surface area (Å²) in [6.07, 6.45) is 10.0. The Hall–Kier alpha value is -5.43. The van der Waals surface area contributed by atoms with Crippen molar-refractivity contribution >= 4 is 73.3 Å². The normalized spacial score (nSPS) is 20.6. The van der Waals surface area contributed by atoms with Gasteiger partial charge in [0.05, 0.1) is 0 Å². The first kappa shape index (κ1) is 29.9. The largest absolute Gasteiger partial charge is 0.341 e. The SMILES string of the molecule is CCn1/c(=C\C=C2\CC/C(=C/C=c3/c4cccc5cccc(c54)n3CC)C2C2C(=O)N(C)C(=O)N(C)C2=O)c2cccc3cccc1c32. The zero-order chi connectivity index (χ0) is 33.3. The molecule has 0 radical (unpaired) electrons. The van der Waals surface area contributed by atoms with Crippen molar-refractivity contribution < 1.29 is 14.4 Å². The van der Waals surface area contributed by atoms with Crippen molar-refractivity contribution in [2.75, 3.05) is 14.1 Å². The first-order valence-corrected chi connectivity index (χ1v) is 16.8. The number of imide groups is 2. The molecule has 8 rings (SSSR count). The summed E-state index contributed by atoms with van der Waals surface area (Å²) in [4.78, 5) is 42.5. The zero-order valence-corrected chi connectivity index (χ0v) is 27.7. The topological polar surface area (TPSA) is 67.6 Å². The number of aromatic nitrogens is 2. The highest BCUT2D eigenvalue weighted by Gasteiger charge is 2.49. The van der Waals surface area contributed by atoms with Crippen molar-refractivity contribution in [3.63, 3.8) is 0 Å². The van der Waals surface area contributed by atoms with Crippen molar-refractivity contribution in [3.05, 3.63) is 107 Å². The van der Waals surface area contributed by atoms with E-state index in [9.17, 15) is 14.4 Å². The number of rotatable bonds is 5. The van der Waals surface area contributed by atoms with Gasteiger partial charge in [-0.3, -0.25) is 19.4 Å². The fourth-order valence-corrected chi connectivity index (χ4v) is 8.34. The Morgan fingerprint density at radius 1 is 0.583 bits per heavy atom. The first-order chi connectivity index (χ1) is 23.3. The van der Waals surface area contributed by atoms with Crippen molar-refractivity contribution in [1.29, 1.82) is 0 Å². The van der Waals surface area contributed by atoms with Gasteiger partial charge in [-0.2, -0.15) is 0 Å². The van der Waals surface area contributed by atoms with Crippen LogP contribution in [0.15, 0.2) is 96.1 Å². The zero-order valence-electron chi connectivity index (χ0n) is 27.7. The molecular formula is C41H38N4O3. The van der Waals surface area contributed by atoms with Crippen LogP contribution in [0, 0.1) is 11.8 Å². The number of barbiturate groups is 1. The standard InChI is InChI=1S/C41H38N4O3/c1-5-44-31(29-15-7-11-25-13-9-17-33(44)36(25)29)23-21-27-19-20-28(35(27)38-39(46)42(3)41(48)43(4)40(38)47)22-24-32-30-16-8-12-26-14-10-18-34(37(26)30)45(32)6-2/h7-18,21-24,35,38H,5-6,19-20H2,1-4H3/b27-21-,28-22-,31-23-,32-24-. The van der Waals surface area contributed by atoms with Gasteiger partial charge in [-0.15, -0.1) is 0 Å². The van der Waals surface area contributed by atoms with Crippen LogP contribution in [0.4, 0.5) is 4.79 Å². The van der Waals surface area contributed by atoms with E-state index in [-0.39, 0.29) is 0 Å². The van der Waals surface area contributed by atoms with Crippen LogP contribution < -0.4 is 10.7 Å². The maximum atomic E-state index is 13.8. The lowest BCUT2D eigenvalue weighted by molar-refractivity contribution is -0.148. The van der Waals surface area contributed by atoms with Gasteiger partial charge in [0.1, 0.15) is 5.92 Å². The monoisotopic (exact) mass is 634 g/mol. The van der Waals surface area contributed by atoms with Gasteiger partial charge in [-0.25, -0.2) is 4.79 Å². The van der Waals surface area contributed by atoms with Gasteiger partial charge in [0.15, 0.2) is 0 Å². The van der Waals surface area contributed by atoms with E-state index in [1.165, 1.54) is 57.4 Å². The van der Waals surface area contributed by atoms with Crippen LogP contribution in [0.5, 0.6) is 0 Å². The van der Waals surface area contributed by atoms with Crippen molar-refractivity contribution in [2.45, 2.75) is 39.8 Å². The predicted octanol–water partition coefficient (Wildman–Crippen LogP) is 6.57. The number of nitrogens with zero attached hydrogens (tertiary/aromatic N) is 4. The molecule has 1 aliphatic heterocycles. The van der Waals surface area contributed by atoms with Crippen LogP contribution in [0.3, 0.4) is 0 Å².